The molecule has 0 aliphatic heterocycles. The van der Waals surface area contributed by atoms with Crippen molar-refractivity contribution in [1.29, 1.82) is 0 Å². The van der Waals surface area contributed by atoms with Gasteiger partial charge in [-0.3, -0.25) is 0 Å². The summed E-state index contributed by atoms with van der Waals surface area (Å²) < 4.78 is 14.3. The SMILES string of the molecule is Cc1[c]([RaH])[c]([RaH])c2c([c]1[RaH])c1[c]([RaH])c(C)[c]([RaH])[c]([RaH])c1[n]2[RaH]. The molecule has 0 fully saturated rings. The van der Waals surface area contributed by atoms with E-state index in [-0.39, 0.29) is 0 Å². The normalized spacial score (nSPS) is 11.2. The van der Waals surface area contributed by atoms with Crippen molar-refractivity contribution in [3.05, 3.63) is 11.1 Å². The van der Waals surface area contributed by atoms with Crippen molar-refractivity contribution in [2.24, 2.45) is 0 Å². The van der Waals surface area contributed by atoms with Gasteiger partial charge in [0, 0.05) is 0 Å². The molecular weight excluding hydrogens is 1760 g/mol. The average Bonchev–Trinajstić information content (AvgIpc) is 2.80. The maximum atomic E-state index is 2.92. The van der Waals surface area contributed by atoms with E-state index in [1.54, 1.807) is 11.1 Å². The van der Waals surface area contributed by atoms with E-state index in [1.807, 2.05) is 25.4 Å². The Morgan fingerprint density at radius 1 is 0.545 bits per heavy atom. The maximum absolute atomic E-state index is 2.92. The van der Waals surface area contributed by atoms with Crippen LogP contribution in [0.15, 0.2) is 0 Å². The van der Waals surface area contributed by atoms with Crippen LogP contribution in [0, 0.1) is 314 Å². The van der Waals surface area contributed by atoms with E-state index in [1.165, 1.54) is 0 Å². The van der Waals surface area contributed by atoms with Gasteiger partial charge in [0.2, 0.25) is 0 Å². The molecule has 1 nitrogen and oxygen atoms in total. The van der Waals surface area contributed by atoms with Gasteiger partial charge in [-0.25, -0.2) is 0 Å². The van der Waals surface area contributed by atoms with Crippen molar-refractivity contribution in [3.8, 4) is 0 Å². The van der Waals surface area contributed by atoms with Gasteiger partial charge in [-0.05, 0) is 0 Å². The van der Waals surface area contributed by atoms with Crippen molar-refractivity contribution in [1.82, 2.24) is 0.0986 Å². The zero-order valence-corrected chi connectivity index (χ0v) is 73.0. The second-order valence-corrected chi connectivity index (χ2v) is 35.3. The van der Waals surface area contributed by atoms with Crippen LogP contribution >= 0.6 is 0 Å². The topological polar surface area (TPSA) is 4.93 Å². The molecular formula is C14H13NRa7. The van der Waals surface area contributed by atoms with Gasteiger partial charge in [0.25, 0.3) is 0 Å². The first-order valence-corrected chi connectivity index (χ1v) is 36.5. The molecule has 1 aromatic heterocycles. The molecule has 0 amide bonds. The number of hydrogen-bond acceptors (Lipinski definition) is 0. The molecule has 1 heterocycles. The van der Waals surface area contributed by atoms with Crippen LogP contribution in [0.25, 0.3) is 21.8 Å². The van der Waals surface area contributed by atoms with Crippen molar-refractivity contribution in [2.75, 3.05) is 0 Å². The van der Waals surface area contributed by atoms with E-state index in [4.69, 9.17) is 0 Å². The van der Waals surface area contributed by atoms with E-state index in [0.717, 1.165) is 0 Å². The monoisotopic (exact) mass is 1780 g/mol. The summed E-state index contributed by atoms with van der Waals surface area (Å²) in [5, 5.41) is 3.67. The second kappa shape index (κ2) is 10.6. The van der Waals surface area contributed by atoms with Gasteiger partial charge >= 0.3 is 350 Å². The number of benzene rings is 2. The summed E-state index contributed by atoms with van der Waals surface area (Å²) in [5.74, 6) is 0. The summed E-state index contributed by atoms with van der Waals surface area (Å²) in [7, 11) is 0. The van der Waals surface area contributed by atoms with Crippen LogP contribution in [-0.2, 0) is 0 Å². The van der Waals surface area contributed by atoms with E-state index in [9.17, 15) is 0 Å². The number of fused-ring (bicyclic) bond motifs is 3. The van der Waals surface area contributed by atoms with E-state index in [0.29, 0.717) is 300 Å². The summed E-state index contributed by atoms with van der Waals surface area (Å²) in [6.45, 7) is 4.96. The third-order valence-corrected chi connectivity index (χ3v) is 76.3. The number of hydrogen-bond donors (Lipinski definition) is 0. The Kier molecular flexibility index (Phi) is 12.1. The first-order chi connectivity index (χ1) is 10.2. The number of nitrogens with zero attached hydrogens (tertiary/aromatic N) is 1. The Balaban J connectivity index is 2.81. The molecule has 8 heteroatoms. The molecule has 0 radical (unpaired) electrons. The van der Waals surface area contributed by atoms with Crippen molar-refractivity contribution in [3.63, 3.8) is 0 Å². The fraction of sp³-hybridized carbons (Fsp3) is 0.143. The molecule has 0 spiro atoms. The number of rotatable bonds is 0. The Morgan fingerprint density at radius 3 is 1.18 bits per heavy atom. The van der Waals surface area contributed by atoms with Gasteiger partial charge in [0.1, 0.15) is 0 Å². The van der Waals surface area contributed by atoms with E-state index < -0.39 is 0 Å². The summed E-state index contributed by atoms with van der Waals surface area (Å²) in [4.78, 5) is 0. The van der Waals surface area contributed by atoms with Gasteiger partial charge in [0.15, 0.2) is 0 Å². The fourth-order valence-corrected chi connectivity index (χ4v) is 60.7. The van der Waals surface area contributed by atoms with Gasteiger partial charge in [-0.2, -0.15) is 0 Å². The standard InChI is InChI=1S/C14H6N.7Ra.7H/c1-9-3-5-13-11(7-9)12-8-10(2)4-6-14(12)15-13;;;;;;;;;;;;;;/h1-2H3;;;;;;;;;;;;;;/q-1;;;;;;;+1;;;;;;;. The molecule has 0 bridgehead atoms. The van der Waals surface area contributed by atoms with E-state index in [2.05, 4.69) is 13.9 Å². The fourth-order valence-electron chi connectivity index (χ4n) is 4.15. The molecule has 0 aliphatic carbocycles. The second-order valence-electron chi connectivity index (χ2n) is 7.01. The van der Waals surface area contributed by atoms with Crippen molar-refractivity contribution >= 4 is 25.4 Å². The van der Waals surface area contributed by atoms with Crippen molar-refractivity contribution in [2.45, 2.75) is 13.8 Å². The molecule has 0 saturated heterocycles. The van der Waals surface area contributed by atoms with Crippen LogP contribution in [0.3, 0.4) is 0 Å². The molecule has 22 heavy (non-hydrogen) atoms. The minimum absolute atomic E-state index is 0.412. The Bertz CT molecular complexity index is 894. The summed E-state index contributed by atoms with van der Waals surface area (Å²) >= 11 is 3.40. The Hall–Kier alpha value is 8.51. The zero-order valence-electron chi connectivity index (χ0n) is 15.4. The van der Waals surface area contributed by atoms with Gasteiger partial charge < -0.3 is 0 Å². The molecule has 3 rings (SSSR count). The van der Waals surface area contributed by atoms with Gasteiger partial charge in [-0.1, -0.05) is 0 Å². The van der Waals surface area contributed by atoms with Gasteiger partial charge in [0.05, 0.1) is 0 Å². The minimum atomic E-state index is 0.412. The Morgan fingerprint density at radius 2 is 0.864 bits per heavy atom. The predicted octanol–water partition coefficient (Wildman–Crippen LogP) is -3.10. The first kappa shape index (κ1) is 25.1. The summed E-state index contributed by atoms with van der Waals surface area (Å²) in [6, 6.07) is 0. The van der Waals surface area contributed by atoms with Crippen molar-refractivity contribution < 1.29 is 300 Å². The average molecular weight is 1780 g/mol. The predicted molar refractivity (Wildman–Crippen MR) is 71.9 cm³/mol. The molecule has 0 atom stereocenters. The van der Waals surface area contributed by atoms with Crippen LogP contribution in [0.2, 0.25) is 0 Å². The molecule has 88 valence electrons. The number of aromatic nitrogens is 1. The van der Waals surface area contributed by atoms with Gasteiger partial charge in [-0.15, -0.1) is 0 Å². The zero-order chi connectivity index (χ0) is 16.5. The molecule has 0 unspecified atom stereocenters. The van der Waals surface area contributed by atoms with Crippen LogP contribution in [0.1, 0.15) is 11.1 Å². The summed E-state index contributed by atoms with van der Waals surface area (Å²) in [5.41, 5.74) is 7.22. The van der Waals surface area contributed by atoms with Crippen LogP contribution in [-0.4, -0.2) is 0.0986 Å². The Labute approximate surface area is 337 Å². The van der Waals surface area contributed by atoms with Crippen LogP contribution in [0.5, 0.6) is 0 Å². The van der Waals surface area contributed by atoms with Crippen LogP contribution < -0.4 is 3.63 Å². The van der Waals surface area contributed by atoms with E-state index >= 15 is 0 Å². The molecule has 3 aromatic rings. The first-order valence-electron chi connectivity index (χ1n) is 8.14. The molecule has 0 N–H and O–H groups in total. The summed E-state index contributed by atoms with van der Waals surface area (Å²) in [6.07, 6.45) is 0. The quantitative estimate of drug-likeness (QED) is 0.225. The molecule has 0 aliphatic rings. The van der Waals surface area contributed by atoms with Crippen LogP contribution in [0.4, 0.5) is 0 Å². The third-order valence-electron chi connectivity index (χ3n) is 6.23. The molecule has 0 saturated carbocycles. The third kappa shape index (κ3) is 4.60. The molecule has 2 aromatic carbocycles.